The number of nitrogens with one attached hydrogen (secondary N) is 1. The van der Waals surface area contributed by atoms with E-state index in [0.29, 0.717) is 24.3 Å². The molecule has 0 radical (unpaired) electrons. The number of nitro groups is 1. The quantitative estimate of drug-likeness (QED) is 0.356. The predicted molar refractivity (Wildman–Crippen MR) is 103 cm³/mol. The molecule has 1 aliphatic carbocycles. The number of rotatable bonds is 6. The average molecular weight is 381 g/mol. The van der Waals surface area contributed by atoms with Gasteiger partial charge < -0.3 is 15.0 Å². The maximum atomic E-state index is 12.5. The van der Waals surface area contributed by atoms with Crippen LogP contribution in [0.3, 0.4) is 0 Å². The van der Waals surface area contributed by atoms with Crippen molar-refractivity contribution in [3.8, 4) is 5.75 Å². The molecule has 8 nitrogen and oxygen atoms in total. The summed E-state index contributed by atoms with van der Waals surface area (Å²) in [5, 5.41) is 14.4. The van der Waals surface area contributed by atoms with Crippen LogP contribution in [0, 0.1) is 10.1 Å². The molecule has 0 unspecified atom stereocenters. The highest BCUT2D eigenvalue weighted by molar-refractivity contribution is 5.96. The van der Waals surface area contributed by atoms with Crippen molar-refractivity contribution in [2.75, 3.05) is 16.8 Å². The first-order valence-electron chi connectivity index (χ1n) is 9.19. The van der Waals surface area contributed by atoms with Crippen molar-refractivity contribution >= 4 is 28.9 Å². The summed E-state index contributed by atoms with van der Waals surface area (Å²) in [6.45, 7) is 0.637. The molecule has 2 fully saturated rings. The minimum absolute atomic E-state index is 0.0397. The fraction of sp³-hybridized carbons (Fsp3) is 0.300. The Morgan fingerprint density at radius 3 is 2.71 bits per heavy atom. The standard InChI is InChI=1S/C20H19N3O5/c24-19-5-2-10-22(19)15-3-1-4-16(12-15)28-20(25)13-6-9-17(21-14-7-8-14)18(11-13)23(26)27/h1,3-4,6,9,11-12,14,21H,2,5,7-8,10H2. The van der Waals surface area contributed by atoms with Gasteiger partial charge in [0.1, 0.15) is 11.4 Å². The second kappa shape index (κ2) is 7.30. The molecule has 1 N–H and O–H groups in total. The first-order chi connectivity index (χ1) is 13.5. The molecule has 0 aromatic heterocycles. The van der Waals surface area contributed by atoms with Crippen molar-refractivity contribution in [2.45, 2.75) is 31.7 Å². The van der Waals surface area contributed by atoms with Crippen molar-refractivity contribution in [3.05, 3.63) is 58.1 Å². The topological polar surface area (TPSA) is 102 Å². The molecule has 0 atom stereocenters. The zero-order chi connectivity index (χ0) is 19.7. The van der Waals surface area contributed by atoms with Gasteiger partial charge in [0.15, 0.2) is 0 Å². The molecule has 1 aliphatic heterocycles. The monoisotopic (exact) mass is 381 g/mol. The number of amides is 1. The first kappa shape index (κ1) is 18.0. The van der Waals surface area contributed by atoms with Crippen LogP contribution in [0.2, 0.25) is 0 Å². The van der Waals surface area contributed by atoms with Crippen molar-refractivity contribution in [1.29, 1.82) is 0 Å². The molecule has 1 saturated carbocycles. The lowest BCUT2D eigenvalue weighted by molar-refractivity contribution is -0.384. The SMILES string of the molecule is O=C(Oc1cccc(N2CCCC2=O)c1)c1ccc(NC2CC2)c([N+](=O)[O-])c1. The first-order valence-corrected chi connectivity index (χ1v) is 9.19. The largest absolute Gasteiger partial charge is 0.423 e. The number of esters is 1. The van der Waals surface area contributed by atoms with Crippen LogP contribution in [0.1, 0.15) is 36.0 Å². The Kier molecular flexibility index (Phi) is 4.68. The van der Waals surface area contributed by atoms with E-state index >= 15 is 0 Å². The molecular weight excluding hydrogens is 362 g/mol. The van der Waals surface area contributed by atoms with Gasteiger partial charge in [-0.3, -0.25) is 14.9 Å². The van der Waals surface area contributed by atoms with Gasteiger partial charge in [-0.25, -0.2) is 4.79 Å². The van der Waals surface area contributed by atoms with Crippen LogP contribution in [0.5, 0.6) is 5.75 Å². The van der Waals surface area contributed by atoms with Gasteiger partial charge in [-0.2, -0.15) is 0 Å². The molecule has 2 aliphatic rings. The maximum Gasteiger partial charge on any atom is 0.343 e. The zero-order valence-corrected chi connectivity index (χ0v) is 15.1. The number of hydrogen-bond donors (Lipinski definition) is 1. The Hall–Kier alpha value is -3.42. The van der Waals surface area contributed by atoms with Crippen molar-refractivity contribution in [1.82, 2.24) is 0 Å². The molecule has 1 heterocycles. The number of carbonyl (C=O) groups excluding carboxylic acids is 2. The van der Waals surface area contributed by atoms with Gasteiger partial charge in [0.25, 0.3) is 5.69 Å². The van der Waals surface area contributed by atoms with Crippen LogP contribution in [0.15, 0.2) is 42.5 Å². The molecule has 1 saturated heterocycles. The summed E-state index contributed by atoms with van der Waals surface area (Å²) in [7, 11) is 0. The van der Waals surface area contributed by atoms with E-state index in [1.807, 2.05) is 0 Å². The molecule has 8 heteroatoms. The summed E-state index contributed by atoms with van der Waals surface area (Å²) in [4.78, 5) is 36.9. The number of nitrogens with zero attached hydrogens (tertiary/aromatic N) is 2. The van der Waals surface area contributed by atoms with Gasteiger partial charge in [-0.15, -0.1) is 0 Å². The summed E-state index contributed by atoms with van der Waals surface area (Å²) in [5.41, 5.74) is 1.01. The lowest BCUT2D eigenvalue weighted by Gasteiger charge is -2.16. The number of nitro benzene ring substituents is 1. The number of hydrogen-bond acceptors (Lipinski definition) is 6. The van der Waals surface area contributed by atoms with E-state index in [2.05, 4.69) is 5.32 Å². The Balaban J connectivity index is 1.52. The molecule has 4 rings (SSSR count). The summed E-state index contributed by atoms with van der Waals surface area (Å²) in [5.74, 6) is -0.367. The Labute approximate surface area is 161 Å². The van der Waals surface area contributed by atoms with E-state index in [9.17, 15) is 19.7 Å². The smallest absolute Gasteiger partial charge is 0.343 e. The average Bonchev–Trinajstić information content (AvgIpc) is 3.39. The molecule has 2 aromatic carbocycles. The van der Waals surface area contributed by atoms with Crippen LogP contribution in [-0.4, -0.2) is 29.4 Å². The molecule has 1 amide bonds. The summed E-state index contributed by atoms with van der Waals surface area (Å²) in [6.07, 6.45) is 3.27. The van der Waals surface area contributed by atoms with Crippen molar-refractivity contribution in [3.63, 3.8) is 0 Å². The lowest BCUT2D eigenvalue weighted by Crippen LogP contribution is -2.23. The Morgan fingerprint density at radius 1 is 1.21 bits per heavy atom. The van der Waals surface area contributed by atoms with E-state index < -0.39 is 10.9 Å². The molecular formula is C20H19N3O5. The summed E-state index contributed by atoms with van der Waals surface area (Å²) >= 11 is 0. The fourth-order valence-electron chi connectivity index (χ4n) is 3.18. The maximum absolute atomic E-state index is 12.5. The van der Waals surface area contributed by atoms with Gasteiger partial charge in [0.05, 0.1) is 10.5 Å². The minimum Gasteiger partial charge on any atom is -0.423 e. The lowest BCUT2D eigenvalue weighted by atomic mass is 10.1. The van der Waals surface area contributed by atoms with E-state index in [0.717, 1.165) is 19.3 Å². The van der Waals surface area contributed by atoms with E-state index in [4.69, 9.17) is 4.74 Å². The molecule has 2 aromatic rings. The van der Waals surface area contributed by atoms with Gasteiger partial charge in [-0.05, 0) is 43.5 Å². The third-order valence-electron chi connectivity index (χ3n) is 4.78. The Bertz CT molecular complexity index is 955. The third kappa shape index (κ3) is 3.80. The van der Waals surface area contributed by atoms with E-state index in [-0.39, 0.29) is 28.9 Å². The second-order valence-corrected chi connectivity index (χ2v) is 6.94. The molecule has 0 spiro atoms. The minimum atomic E-state index is -0.689. The van der Waals surface area contributed by atoms with Gasteiger partial charge in [0.2, 0.25) is 5.91 Å². The van der Waals surface area contributed by atoms with Gasteiger partial charge >= 0.3 is 5.97 Å². The number of ether oxygens (including phenoxy) is 1. The number of benzene rings is 2. The van der Waals surface area contributed by atoms with Gasteiger partial charge in [0, 0.05) is 36.8 Å². The summed E-state index contributed by atoms with van der Waals surface area (Å²) in [6, 6.07) is 11.2. The Morgan fingerprint density at radius 2 is 2.04 bits per heavy atom. The normalized spacial score (nSPS) is 16.1. The van der Waals surface area contributed by atoms with Crippen molar-refractivity contribution < 1.29 is 19.2 Å². The molecule has 28 heavy (non-hydrogen) atoms. The second-order valence-electron chi connectivity index (χ2n) is 6.94. The number of carbonyl (C=O) groups is 2. The fourth-order valence-corrected chi connectivity index (χ4v) is 3.18. The molecule has 144 valence electrons. The van der Waals surface area contributed by atoms with Crippen molar-refractivity contribution in [2.24, 2.45) is 0 Å². The zero-order valence-electron chi connectivity index (χ0n) is 15.1. The predicted octanol–water partition coefficient (Wildman–Crippen LogP) is 3.52. The van der Waals surface area contributed by atoms with Crippen LogP contribution in [0.4, 0.5) is 17.1 Å². The van der Waals surface area contributed by atoms with Crippen LogP contribution in [-0.2, 0) is 4.79 Å². The summed E-state index contributed by atoms with van der Waals surface area (Å²) < 4.78 is 5.38. The van der Waals surface area contributed by atoms with Crippen LogP contribution in [0.25, 0.3) is 0 Å². The van der Waals surface area contributed by atoms with Crippen LogP contribution >= 0.6 is 0 Å². The van der Waals surface area contributed by atoms with Gasteiger partial charge in [-0.1, -0.05) is 6.07 Å². The number of anilines is 2. The third-order valence-corrected chi connectivity index (χ3v) is 4.78. The highest BCUT2D eigenvalue weighted by Crippen LogP contribution is 2.32. The van der Waals surface area contributed by atoms with E-state index in [1.54, 1.807) is 29.2 Å². The molecule has 0 bridgehead atoms. The highest BCUT2D eigenvalue weighted by Gasteiger charge is 2.26. The van der Waals surface area contributed by atoms with Crippen LogP contribution < -0.4 is 15.0 Å². The van der Waals surface area contributed by atoms with E-state index in [1.165, 1.54) is 18.2 Å². The highest BCUT2D eigenvalue weighted by atomic mass is 16.6.